The van der Waals surface area contributed by atoms with Gasteiger partial charge >= 0.3 is 0 Å². The first-order valence-electron chi connectivity index (χ1n) is 11.0. The Balaban J connectivity index is 1.68. The second-order valence-electron chi connectivity index (χ2n) is 8.56. The van der Waals surface area contributed by atoms with E-state index in [9.17, 15) is 9.18 Å². The average Bonchev–Trinajstić information content (AvgIpc) is 3.67. The molecule has 0 bridgehead atoms. The zero-order valence-corrected chi connectivity index (χ0v) is 18.6. The first-order valence-corrected chi connectivity index (χ1v) is 11.3. The van der Waals surface area contributed by atoms with Gasteiger partial charge in [0.1, 0.15) is 22.7 Å². The minimum absolute atomic E-state index is 0.00499. The van der Waals surface area contributed by atoms with Gasteiger partial charge in [-0.25, -0.2) is 9.37 Å². The Hall–Kier alpha value is -3.28. The second-order valence-corrected chi connectivity index (χ2v) is 8.94. The van der Waals surface area contributed by atoms with Gasteiger partial charge in [-0.1, -0.05) is 11.6 Å². The Labute approximate surface area is 195 Å². The molecule has 3 aromatic rings. The second kappa shape index (κ2) is 8.58. The van der Waals surface area contributed by atoms with Gasteiger partial charge in [0, 0.05) is 36.3 Å². The fraction of sp³-hybridized carbons (Fsp3) is 0.333. The van der Waals surface area contributed by atoms with Crippen LogP contribution < -0.4 is 16.2 Å². The lowest BCUT2D eigenvalue weighted by molar-refractivity contribution is 0.498. The monoisotopic (exact) mass is 464 g/mol. The minimum atomic E-state index is -0.682. The van der Waals surface area contributed by atoms with Crippen LogP contribution in [0.3, 0.4) is 0 Å². The van der Waals surface area contributed by atoms with Crippen LogP contribution in [-0.2, 0) is 0 Å². The van der Waals surface area contributed by atoms with Gasteiger partial charge in [0.05, 0.1) is 17.4 Å². The normalized spacial score (nSPS) is 16.6. The molecule has 1 aliphatic heterocycles. The van der Waals surface area contributed by atoms with E-state index in [4.69, 9.17) is 27.6 Å². The highest BCUT2D eigenvalue weighted by molar-refractivity contribution is 6.32. The van der Waals surface area contributed by atoms with Crippen LogP contribution in [0.25, 0.3) is 17.1 Å². The van der Waals surface area contributed by atoms with Crippen molar-refractivity contribution >= 4 is 17.4 Å². The van der Waals surface area contributed by atoms with Crippen molar-refractivity contribution < 1.29 is 4.39 Å². The van der Waals surface area contributed by atoms with Gasteiger partial charge in [-0.15, -0.1) is 0 Å². The van der Waals surface area contributed by atoms with Gasteiger partial charge in [0.15, 0.2) is 5.82 Å². The van der Waals surface area contributed by atoms with Gasteiger partial charge in [-0.3, -0.25) is 14.3 Å². The van der Waals surface area contributed by atoms with Crippen molar-refractivity contribution in [3.63, 3.8) is 0 Å². The molecule has 168 valence electrons. The molecule has 0 radical (unpaired) electrons. The summed E-state index contributed by atoms with van der Waals surface area (Å²) in [5, 5.41) is 9.10. The molecule has 9 heteroatoms. The van der Waals surface area contributed by atoms with Crippen LogP contribution in [0.2, 0.25) is 5.02 Å². The van der Waals surface area contributed by atoms with Crippen molar-refractivity contribution in [2.24, 2.45) is 5.73 Å². The van der Waals surface area contributed by atoms with E-state index in [2.05, 4.69) is 4.98 Å². The third-order valence-electron chi connectivity index (χ3n) is 6.22. The van der Waals surface area contributed by atoms with Crippen molar-refractivity contribution in [2.75, 3.05) is 18.0 Å². The van der Waals surface area contributed by atoms with Crippen LogP contribution in [-0.4, -0.2) is 33.7 Å². The number of pyridine rings is 1. The molecule has 0 amide bonds. The summed E-state index contributed by atoms with van der Waals surface area (Å²) in [6, 6.07) is 9.80. The molecule has 1 aromatic carbocycles. The SMILES string of the molecule is N#Cc1ccc(-c2nc(N3CCC(N)CC3)c(Cl)c(=O)n2-c2ccc(C3CC3)nc2)cc1F. The van der Waals surface area contributed by atoms with E-state index in [0.717, 1.165) is 31.4 Å². The predicted molar refractivity (Wildman–Crippen MR) is 124 cm³/mol. The van der Waals surface area contributed by atoms with Gasteiger partial charge in [0.2, 0.25) is 0 Å². The molecule has 2 aliphatic rings. The maximum atomic E-state index is 14.5. The van der Waals surface area contributed by atoms with E-state index >= 15 is 0 Å². The highest BCUT2D eigenvalue weighted by atomic mass is 35.5. The smallest absolute Gasteiger partial charge is 0.279 e. The first-order chi connectivity index (χ1) is 16.0. The average molecular weight is 465 g/mol. The molecule has 3 heterocycles. The highest BCUT2D eigenvalue weighted by Crippen LogP contribution is 2.39. The van der Waals surface area contributed by atoms with Crippen LogP contribution in [0.1, 0.15) is 42.9 Å². The molecule has 0 atom stereocenters. The van der Waals surface area contributed by atoms with Gasteiger partial charge in [-0.2, -0.15) is 5.26 Å². The summed E-state index contributed by atoms with van der Waals surface area (Å²) < 4.78 is 15.8. The Morgan fingerprint density at radius 2 is 1.91 bits per heavy atom. The molecule has 1 aliphatic carbocycles. The fourth-order valence-electron chi connectivity index (χ4n) is 4.14. The Morgan fingerprint density at radius 3 is 2.52 bits per heavy atom. The van der Waals surface area contributed by atoms with Gasteiger partial charge in [-0.05, 0) is 56.0 Å². The number of anilines is 1. The van der Waals surface area contributed by atoms with E-state index in [-0.39, 0.29) is 22.5 Å². The summed E-state index contributed by atoms with van der Waals surface area (Å²) in [4.78, 5) is 24.7. The van der Waals surface area contributed by atoms with E-state index in [1.807, 2.05) is 23.1 Å². The van der Waals surface area contributed by atoms with E-state index in [1.165, 1.54) is 16.7 Å². The molecule has 2 N–H and O–H groups in total. The lowest BCUT2D eigenvalue weighted by Gasteiger charge is -2.32. The molecule has 5 rings (SSSR count). The Bertz CT molecular complexity index is 1300. The molecule has 0 spiro atoms. The van der Waals surface area contributed by atoms with E-state index in [0.29, 0.717) is 36.1 Å². The summed E-state index contributed by atoms with van der Waals surface area (Å²) in [6.07, 6.45) is 5.37. The maximum Gasteiger partial charge on any atom is 0.279 e. The van der Waals surface area contributed by atoms with Crippen LogP contribution in [0.5, 0.6) is 0 Å². The van der Waals surface area contributed by atoms with Gasteiger partial charge < -0.3 is 10.6 Å². The molecule has 1 saturated carbocycles. The predicted octanol–water partition coefficient (Wildman–Crippen LogP) is 3.76. The van der Waals surface area contributed by atoms with Gasteiger partial charge in [0.25, 0.3) is 5.56 Å². The number of aromatic nitrogens is 3. The molecule has 2 fully saturated rings. The largest absolute Gasteiger partial charge is 0.355 e. The molecular formula is C24H22ClFN6O. The number of hydrogen-bond acceptors (Lipinski definition) is 6. The third kappa shape index (κ3) is 4.10. The number of halogens is 2. The minimum Gasteiger partial charge on any atom is -0.355 e. The number of benzene rings is 1. The highest BCUT2D eigenvalue weighted by Gasteiger charge is 2.27. The number of rotatable bonds is 4. The fourth-order valence-corrected chi connectivity index (χ4v) is 4.38. The molecule has 0 unspecified atom stereocenters. The zero-order chi connectivity index (χ0) is 23.1. The topological polar surface area (TPSA) is 101 Å². The maximum absolute atomic E-state index is 14.5. The molecule has 7 nitrogen and oxygen atoms in total. The van der Waals surface area contributed by atoms with Crippen LogP contribution in [0, 0.1) is 17.1 Å². The quantitative estimate of drug-likeness (QED) is 0.630. The Morgan fingerprint density at radius 1 is 1.15 bits per heavy atom. The van der Waals surface area contributed by atoms with Crippen molar-refractivity contribution in [3.05, 3.63) is 69.0 Å². The summed E-state index contributed by atoms with van der Waals surface area (Å²) in [5.74, 6) is 0.377. The van der Waals surface area contributed by atoms with E-state index < -0.39 is 11.4 Å². The first kappa shape index (κ1) is 21.6. The van der Waals surface area contributed by atoms with Crippen molar-refractivity contribution in [3.8, 4) is 23.1 Å². The van der Waals surface area contributed by atoms with Crippen LogP contribution >= 0.6 is 11.6 Å². The summed E-state index contributed by atoms with van der Waals surface area (Å²) in [7, 11) is 0. The van der Waals surface area contributed by atoms with Crippen molar-refractivity contribution in [2.45, 2.75) is 37.6 Å². The number of piperidine rings is 1. The number of nitrogens with two attached hydrogens (primary N) is 1. The molecular weight excluding hydrogens is 443 g/mol. The third-order valence-corrected chi connectivity index (χ3v) is 6.55. The number of nitriles is 1. The lowest BCUT2D eigenvalue weighted by Crippen LogP contribution is -2.41. The Kier molecular flexibility index (Phi) is 5.60. The standard InChI is InChI=1S/C24H22ClFN6O/c25-21-23(31-9-7-17(28)8-10-31)30-22(15-3-4-16(12-27)19(26)11-15)32(24(21)33)18-5-6-20(29-13-18)14-1-2-14/h3-6,11,13-14,17H,1-2,7-10,28H2. The molecule has 2 aromatic heterocycles. The molecule has 33 heavy (non-hydrogen) atoms. The summed E-state index contributed by atoms with van der Waals surface area (Å²) >= 11 is 6.54. The zero-order valence-electron chi connectivity index (χ0n) is 17.8. The summed E-state index contributed by atoms with van der Waals surface area (Å²) in [6.45, 7) is 1.24. The van der Waals surface area contributed by atoms with Crippen molar-refractivity contribution in [1.29, 1.82) is 5.26 Å². The summed E-state index contributed by atoms with van der Waals surface area (Å²) in [5.41, 5.74) is 7.32. The van der Waals surface area contributed by atoms with Crippen LogP contribution in [0.4, 0.5) is 10.2 Å². The number of hydrogen-bond donors (Lipinski definition) is 1. The van der Waals surface area contributed by atoms with Crippen molar-refractivity contribution in [1.82, 2.24) is 14.5 Å². The number of nitrogens with zero attached hydrogens (tertiary/aromatic N) is 5. The van der Waals surface area contributed by atoms with Crippen LogP contribution in [0.15, 0.2) is 41.3 Å². The van der Waals surface area contributed by atoms with E-state index in [1.54, 1.807) is 12.3 Å². The lowest BCUT2D eigenvalue weighted by atomic mass is 10.1. The molecule has 1 saturated heterocycles.